The normalized spacial score (nSPS) is 37.6. The van der Waals surface area contributed by atoms with Crippen LogP contribution in [-0.2, 0) is 9.53 Å². The van der Waals surface area contributed by atoms with Crippen molar-refractivity contribution in [3.05, 3.63) is 0 Å². The molecule has 3 unspecified atom stereocenters. The summed E-state index contributed by atoms with van der Waals surface area (Å²) in [6.07, 6.45) is 9.49. The maximum atomic E-state index is 13.0. The summed E-state index contributed by atoms with van der Waals surface area (Å²) in [5.74, 6) is 1.04. The molecule has 4 aliphatic heterocycles. The molecule has 0 aromatic heterocycles. The minimum atomic E-state index is 0.430. The van der Waals surface area contributed by atoms with Crippen molar-refractivity contribution in [2.45, 2.75) is 69.5 Å². The van der Waals surface area contributed by atoms with Crippen LogP contribution in [0, 0.1) is 5.92 Å². The third kappa shape index (κ3) is 3.94. The molecule has 3 atom stereocenters. The predicted molar refractivity (Wildman–Crippen MR) is 93.9 cm³/mol. The Morgan fingerprint density at radius 3 is 2.50 bits per heavy atom. The van der Waals surface area contributed by atoms with E-state index in [9.17, 15) is 4.79 Å². The molecule has 0 aromatic rings. The first-order valence-corrected chi connectivity index (χ1v) is 10.1. The van der Waals surface area contributed by atoms with Gasteiger partial charge in [-0.2, -0.15) is 0 Å². The van der Waals surface area contributed by atoms with Gasteiger partial charge in [0.05, 0.1) is 13.2 Å². The lowest BCUT2D eigenvalue weighted by atomic mass is 9.88. The van der Waals surface area contributed by atoms with Gasteiger partial charge in [0.15, 0.2) is 0 Å². The van der Waals surface area contributed by atoms with Crippen LogP contribution in [0.1, 0.15) is 51.4 Å². The second kappa shape index (κ2) is 7.71. The maximum Gasteiger partial charge on any atom is 0.223 e. The number of hydrogen-bond acceptors (Lipinski definition) is 4. The van der Waals surface area contributed by atoms with Crippen LogP contribution in [0.3, 0.4) is 0 Å². The number of amides is 1. The second-order valence-corrected chi connectivity index (χ2v) is 8.33. The predicted octanol–water partition coefficient (Wildman–Crippen LogP) is 1.62. The summed E-state index contributed by atoms with van der Waals surface area (Å²) >= 11 is 0. The van der Waals surface area contributed by atoms with Crippen molar-refractivity contribution >= 4 is 5.91 Å². The monoisotopic (exact) mass is 335 g/mol. The Bertz CT molecular complexity index is 426. The number of nitrogens with zero attached hydrogens (tertiary/aromatic N) is 2. The fourth-order valence-corrected chi connectivity index (χ4v) is 5.31. The molecule has 0 aliphatic carbocycles. The van der Waals surface area contributed by atoms with Crippen LogP contribution >= 0.6 is 0 Å². The molecule has 136 valence electrons. The van der Waals surface area contributed by atoms with Gasteiger partial charge in [-0.25, -0.2) is 0 Å². The first-order valence-electron chi connectivity index (χ1n) is 10.1. The molecule has 4 fully saturated rings. The Hall–Kier alpha value is -0.650. The van der Waals surface area contributed by atoms with E-state index >= 15 is 0 Å². The van der Waals surface area contributed by atoms with Gasteiger partial charge >= 0.3 is 0 Å². The summed E-state index contributed by atoms with van der Waals surface area (Å²) in [6, 6.07) is 1.81. The van der Waals surface area contributed by atoms with Crippen LogP contribution in [0.4, 0.5) is 0 Å². The zero-order chi connectivity index (χ0) is 16.4. The minimum Gasteiger partial charge on any atom is -0.379 e. The van der Waals surface area contributed by atoms with Crippen molar-refractivity contribution < 1.29 is 9.53 Å². The van der Waals surface area contributed by atoms with Gasteiger partial charge < -0.3 is 15.0 Å². The van der Waals surface area contributed by atoms with E-state index < -0.39 is 0 Å². The standard InChI is InChI=1S/C19H33N3O2/c23-19(13-15-11-16-4-5-17(12-15)20-16)22-6-2-1-3-18(22)14-21-7-9-24-10-8-21/h15-18,20H,1-14H2. The molecular formula is C19H33N3O2. The molecule has 4 saturated heterocycles. The molecule has 1 amide bonds. The molecule has 2 bridgehead atoms. The third-order valence-corrected chi connectivity index (χ3v) is 6.55. The summed E-state index contributed by atoms with van der Waals surface area (Å²) in [6.45, 7) is 5.77. The SMILES string of the molecule is O=C(CC1CC2CCC(C1)N2)N1CCCCC1CN1CCOCC1. The Kier molecular flexibility index (Phi) is 5.40. The van der Waals surface area contributed by atoms with Gasteiger partial charge in [-0.3, -0.25) is 9.69 Å². The summed E-state index contributed by atoms with van der Waals surface area (Å²) in [4.78, 5) is 17.7. The van der Waals surface area contributed by atoms with Gasteiger partial charge in [0.2, 0.25) is 5.91 Å². The number of fused-ring (bicyclic) bond motifs is 2. The Morgan fingerprint density at radius 2 is 1.75 bits per heavy atom. The van der Waals surface area contributed by atoms with E-state index in [-0.39, 0.29) is 0 Å². The number of nitrogens with one attached hydrogen (secondary N) is 1. The number of hydrogen-bond donors (Lipinski definition) is 1. The lowest BCUT2D eigenvalue weighted by Gasteiger charge is -2.40. The van der Waals surface area contributed by atoms with Crippen molar-refractivity contribution in [2.24, 2.45) is 5.92 Å². The van der Waals surface area contributed by atoms with Gasteiger partial charge in [0.25, 0.3) is 0 Å². The highest BCUT2D eigenvalue weighted by Gasteiger charge is 2.36. The Labute approximate surface area is 146 Å². The summed E-state index contributed by atoms with van der Waals surface area (Å²) in [5.41, 5.74) is 0. The van der Waals surface area contributed by atoms with Crippen molar-refractivity contribution in [3.8, 4) is 0 Å². The van der Waals surface area contributed by atoms with E-state index in [0.29, 0.717) is 30.0 Å². The third-order valence-electron chi connectivity index (χ3n) is 6.55. The number of likely N-dealkylation sites (tertiary alicyclic amines) is 1. The molecule has 4 aliphatic rings. The smallest absolute Gasteiger partial charge is 0.223 e. The molecular weight excluding hydrogens is 302 g/mol. The number of carbonyl (C=O) groups excluding carboxylic acids is 1. The summed E-state index contributed by atoms with van der Waals surface area (Å²) < 4.78 is 5.46. The molecule has 0 spiro atoms. The first-order chi connectivity index (χ1) is 11.8. The first kappa shape index (κ1) is 16.8. The summed E-state index contributed by atoms with van der Waals surface area (Å²) in [7, 11) is 0. The number of carbonyl (C=O) groups is 1. The number of piperidine rings is 2. The fourth-order valence-electron chi connectivity index (χ4n) is 5.31. The van der Waals surface area contributed by atoms with E-state index in [4.69, 9.17) is 4.74 Å². The number of rotatable bonds is 4. The van der Waals surface area contributed by atoms with Gasteiger partial charge in [-0.1, -0.05) is 0 Å². The molecule has 24 heavy (non-hydrogen) atoms. The van der Waals surface area contributed by atoms with Gasteiger partial charge in [0.1, 0.15) is 0 Å². The zero-order valence-electron chi connectivity index (χ0n) is 14.9. The molecule has 5 nitrogen and oxygen atoms in total. The average molecular weight is 335 g/mol. The second-order valence-electron chi connectivity index (χ2n) is 8.33. The molecule has 0 saturated carbocycles. The average Bonchev–Trinajstić information content (AvgIpc) is 2.95. The van der Waals surface area contributed by atoms with E-state index in [1.54, 1.807) is 0 Å². The number of ether oxygens (including phenoxy) is 1. The van der Waals surface area contributed by atoms with Crippen LogP contribution in [0.2, 0.25) is 0 Å². The van der Waals surface area contributed by atoms with E-state index in [1.165, 1.54) is 44.9 Å². The Morgan fingerprint density at radius 1 is 1.00 bits per heavy atom. The van der Waals surface area contributed by atoms with Gasteiger partial charge in [-0.15, -0.1) is 0 Å². The van der Waals surface area contributed by atoms with Crippen LogP contribution < -0.4 is 5.32 Å². The van der Waals surface area contributed by atoms with Crippen LogP contribution in [0.5, 0.6) is 0 Å². The topological polar surface area (TPSA) is 44.8 Å². The van der Waals surface area contributed by atoms with Crippen molar-refractivity contribution in [1.29, 1.82) is 0 Å². The quantitative estimate of drug-likeness (QED) is 0.848. The highest BCUT2D eigenvalue weighted by atomic mass is 16.5. The zero-order valence-corrected chi connectivity index (χ0v) is 14.9. The highest BCUT2D eigenvalue weighted by Crippen LogP contribution is 2.33. The van der Waals surface area contributed by atoms with Crippen LogP contribution in [-0.4, -0.2) is 73.2 Å². The lowest BCUT2D eigenvalue weighted by Crippen LogP contribution is -2.52. The van der Waals surface area contributed by atoms with Crippen molar-refractivity contribution in [1.82, 2.24) is 15.1 Å². The summed E-state index contributed by atoms with van der Waals surface area (Å²) in [5, 5.41) is 3.69. The molecule has 0 aromatic carbocycles. The fraction of sp³-hybridized carbons (Fsp3) is 0.947. The maximum absolute atomic E-state index is 13.0. The number of morpholine rings is 1. The largest absolute Gasteiger partial charge is 0.379 e. The van der Waals surface area contributed by atoms with Gasteiger partial charge in [-0.05, 0) is 50.9 Å². The minimum absolute atomic E-state index is 0.430. The molecule has 4 rings (SSSR count). The highest BCUT2D eigenvalue weighted by molar-refractivity contribution is 5.77. The van der Waals surface area contributed by atoms with E-state index in [0.717, 1.165) is 45.8 Å². The van der Waals surface area contributed by atoms with Crippen molar-refractivity contribution in [2.75, 3.05) is 39.4 Å². The van der Waals surface area contributed by atoms with Crippen LogP contribution in [0.15, 0.2) is 0 Å². The molecule has 0 radical (unpaired) electrons. The van der Waals surface area contributed by atoms with E-state index in [2.05, 4.69) is 15.1 Å². The van der Waals surface area contributed by atoms with Crippen molar-refractivity contribution in [3.63, 3.8) is 0 Å². The van der Waals surface area contributed by atoms with Crippen LogP contribution in [0.25, 0.3) is 0 Å². The molecule has 4 heterocycles. The van der Waals surface area contributed by atoms with Gasteiger partial charge in [0, 0.05) is 50.7 Å². The molecule has 5 heteroatoms. The Balaban J connectivity index is 1.32. The van der Waals surface area contributed by atoms with E-state index in [1.807, 2.05) is 0 Å². The lowest BCUT2D eigenvalue weighted by molar-refractivity contribution is -0.137. The molecule has 1 N–H and O–H groups in total.